The van der Waals surface area contributed by atoms with E-state index in [2.05, 4.69) is 80.8 Å². The van der Waals surface area contributed by atoms with Gasteiger partial charge >= 0.3 is 0 Å². The van der Waals surface area contributed by atoms with Crippen molar-refractivity contribution >= 4 is 18.4 Å². The number of para-hydroxylation sites is 1. The van der Waals surface area contributed by atoms with Crippen molar-refractivity contribution in [3.8, 4) is 39.5 Å². The van der Waals surface area contributed by atoms with E-state index < -0.39 is 8.07 Å². The quantitative estimate of drug-likeness (QED) is 0.199. The second-order valence-corrected chi connectivity index (χ2v) is 15.1. The third-order valence-corrected chi connectivity index (χ3v) is 12.8. The molecule has 1 aliphatic rings. The van der Waals surface area contributed by atoms with Gasteiger partial charge in [0.15, 0.2) is 0 Å². The molecule has 0 radical (unpaired) electrons. The largest absolute Gasteiger partial charge is 0.277 e. The molecule has 0 saturated carbocycles. The van der Waals surface area contributed by atoms with Crippen molar-refractivity contribution in [2.24, 2.45) is 0 Å². The lowest BCUT2D eigenvalue weighted by atomic mass is 10.0. The van der Waals surface area contributed by atoms with E-state index in [0.717, 1.165) is 33.6 Å². The summed E-state index contributed by atoms with van der Waals surface area (Å²) >= 11 is 0. The van der Waals surface area contributed by atoms with E-state index in [9.17, 15) is 4.79 Å². The highest BCUT2D eigenvalue weighted by Gasteiger charge is 2.55. The number of rotatable bonds is 2. The molecule has 38 heavy (non-hydrogen) atoms. The van der Waals surface area contributed by atoms with Gasteiger partial charge < -0.3 is 0 Å². The molecule has 4 aromatic carbocycles. The van der Waals surface area contributed by atoms with Crippen LogP contribution in [-0.2, 0) is 0 Å². The van der Waals surface area contributed by atoms with Crippen LogP contribution in [0.15, 0.2) is 126 Å². The molecule has 1 atom stereocenters. The molecule has 184 valence electrons. The molecule has 0 N–H and O–H groups in total. The van der Waals surface area contributed by atoms with Gasteiger partial charge in [-0.1, -0.05) is 118 Å². The Morgan fingerprint density at radius 3 is 1.92 bits per heavy atom. The summed E-state index contributed by atoms with van der Waals surface area (Å²) in [7, 11) is -2.79. The predicted molar refractivity (Wildman–Crippen MR) is 161 cm³/mol. The van der Waals surface area contributed by atoms with Crippen LogP contribution in [0, 0.1) is 11.5 Å². The molecule has 0 spiro atoms. The van der Waals surface area contributed by atoms with Crippen molar-refractivity contribution in [2.45, 2.75) is 25.8 Å². The molecule has 0 aliphatic carbocycles. The van der Waals surface area contributed by atoms with Crippen LogP contribution in [0.2, 0.25) is 5.04 Å². The fourth-order valence-corrected chi connectivity index (χ4v) is 10.9. The van der Waals surface area contributed by atoms with Crippen LogP contribution in [0.25, 0.3) is 28.1 Å². The van der Waals surface area contributed by atoms with Gasteiger partial charge in [-0.3, -0.25) is 9.36 Å². The van der Waals surface area contributed by atoms with Crippen molar-refractivity contribution < 1.29 is 0 Å². The zero-order chi connectivity index (χ0) is 26.3. The Balaban J connectivity index is 1.82. The Labute approximate surface area is 225 Å². The lowest BCUT2D eigenvalue weighted by molar-refractivity contribution is 0.741. The SMILES string of the molecule is CC(C)(C)[Si@@]1(C#Cc2ccccc2)c2ccccc2-c2cc(=O)n(-c3ccccc3)c(-c3ccccc3)c21. The normalized spacial score (nSPS) is 15.8. The van der Waals surface area contributed by atoms with E-state index in [-0.39, 0.29) is 10.6 Å². The summed E-state index contributed by atoms with van der Waals surface area (Å²) in [5.74, 6) is 3.59. The average Bonchev–Trinajstić information content (AvgIpc) is 3.23. The molecule has 1 aliphatic heterocycles. The molecule has 0 saturated heterocycles. The Bertz CT molecular complexity index is 1750. The highest BCUT2D eigenvalue weighted by Crippen LogP contribution is 2.44. The molecule has 2 nitrogen and oxygen atoms in total. The monoisotopic (exact) mass is 507 g/mol. The predicted octanol–water partition coefficient (Wildman–Crippen LogP) is 6.44. The highest BCUT2D eigenvalue weighted by molar-refractivity contribution is 7.13. The first kappa shape index (κ1) is 24.0. The van der Waals surface area contributed by atoms with Crippen molar-refractivity contribution in [3.05, 3.63) is 137 Å². The third kappa shape index (κ3) is 3.69. The third-order valence-electron chi connectivity index (χ3n) is 7.57. The second kappa shape index (κ2) is 9.17. The molecular weight excluding hydrogens is 478 g/mol. The number of pyridine rings is 1. The maximum absolute atomic E-state index is 14.0. The molecule has 0 bridgehead atoms. The van der Waals surface area contributed by atoms with E-state index in [1.54, 1.807) is 0 Å². The first-order chi connectivity index (χ1) is 18.4. The lowest BCUT2D eigenvalue weighted by Gasteiger charge is -2.38. The summed E-state index contributed by atoms with van der Waals surface area (Å²) in [6.07, 6.45) is 0. The van der Waals surface area contributed by atoms with E-state index in [4.69, 9.17) is 0 Å². The Morgan fingerprint density at radius 2 is 1.26 bits per heavy atom. The smallest absolute Gasteiger partial charge is 0.256 e. The standard InChI is InChI=1S/C35H29NOSi/c1-35(2,3)38(24-23-26-15-7-4-8-16-26)31-22-14-13-21-29(31)30-25-32(37)36(28-19-11-6-12-20-28)33(34(30)38)27-17-9-5-10-18-27/h4-22,25H,1-3H3/t38-/m0/s1. The number of nitrogens with zero attached hydrogens (tertiary/aromatic N) is 1. The molecule has 6 rings (SSSR count). The van der Waals surface area contributed by atoms with Gasteiger partial charge in [0, 0.05) is 17.3 Å². The molecule has 5 aromatic rings. The minimum atomic E-state index is -2.79. The Kier molecular flexibility index (Phi) is 5.78. The summed E-state index contributed by atoms with van der Waals surface area (Å²) in [5.41, 5.74) is 9.94. The second-order valence-electron chi connectivity index (χ2n) is 10.8. The summed E-state index contributed by atoms with van der Waals surface area (Å²) in [5, 5.41) is 2.36. The van der Waals surface area contributed by atoms with Crippen molar-refractivity contribution in [3.63, 3.8) is 0 Å². The van der Waals surface area contributed by atoms with Gasteiger partial charge in [-0.05, 0) is 56.4 Å². The lowest BCUT2D eigenvalue weighted by Crippen LogP contribution is -2.62. The first-order valence-electron chi connectivity index (χ1n) is 13.0. The van der Waals surface area contributed by atoms with Crippen LogP contribution in [0.4, 0.5) is 0 Å². The fraction of sp³-hybridized carbons (Fsp3) is 0.114. The maximum atomic E-state index is 14.0. The first-order valence-corrected chi connectivity index (χ1v) is 15.0. The number of benzene rings is 4. The minimum Gasteiger partial charge on any atom is -0.277 e. The topological polar surface area (TPSA) is 22.0 Å². The Hall–Kier alpha value is -4.39. The van der Waals surface area contributed by atoms with E-state index >= 15 is 0 Å². The van der Waals surface area contributed by atoms with Gasteiger partial charge in [0.25, 0.3) is 5.56 Å². The molecule has 1 aromatic heterocycles. The van der Waals surface area contributed by atoms with Crippen LogP contribution in [0.1, 0.15) is 26.3 Å². The number of fused-ring (bicyclic) bond motifs is 3. The van der Waals surface area contributed by atoms with Gasteiger partial charge in [0.2, 0.25) is 8.07 Å². The van der Waals surface area contributed by atoms with Crippen LogP contribution in [0.3, 0.4) is 0 Å². The molecule has 2 heterocycles. The summed E-state index contributed by atoms with van der Waals surface area (Å²) in [6, 6.07) is 41.0. The maximum Gasteiger partial charge on any atom is 0.256 e. The van der Waals surface area contributed by atoms with Crippen molar-refractivity contribution in [1.82, 2.24) is 4.57 Å². The molecule has 0 unspecified atom stereocenters. The van der Waals surface area contributed by atoms with E-state index in [1.165, 1.54) is 10.4 Å². The summed E-state index contributed by atoms with van der Waals surface area (Å²) in [6.45, 7) is 6.95. The van der Waals surface area contributed by atoms with Gasteiger partial charge in [-0.2, -0.15) is 0 Å². The van der Waals surface area contributed by atoms with Crippen molar-refractivity contribution in [1.29, 1.82) is 0 Å². The molecule has 0 amide bonds. The van der Waals surface area contributed by atoms with Crippen molar-refractivity contribution in [2.75, 3.05) is 0 Å². The zero-order valence-electron chi connectivity index (χ0n) is 21.9. The van der Waals surface area contributed by atoms with Crippen LogP contribution >= 0.6 is 0 Å². The highest BCUT2D eigenvalue weighted by atomic mass is 28.3. The number of hydrogen-bond donors (Lipinski definition) is 0. The van der Waals surface area contributed by atoms with E-state index in [0.29, 0.717) is 0 Å². The molecule has 0 fully saturated rings. The Morgan fingerprint density at radius 1 is 0.684 bits per heavy atom. The number of aromatic nitrogens is 1. The summed E-state index contributed by atoms with van der Waals surface area (Å²) in [4.78, 5) is 14.0. The van der Waals surface area contributed by atoms with E-state index in [1.807, 2.05) is 77.4 Å². The van der Waals surface area contributed by atoms with Crippen LogP contribution in [-0.4, -0.2) is 12.6 Å². The minimum absolute atomic E-state index is 0.0293. The molecular formula is C35H29NOSi. The molecule has 3 heteroatoms. The van der Waals surface area contributed by atoms with Gasteiger partial charge in [-0.25, -0.2) is 0 Å². The van der Waals surface area contributed by atoms with Gasteiger partial charge in [-0.15, -0.1) is 5.54 Å². The van der Waals surface area contributed by atoms with Gasteiger partial charge in [0.05, 0.1) is 5.69 Å². The van der Waals surface area contributed by atoms with Crippen LogP contribution < -0.4 is 15.9 Å². The number of hydrogen-bond acceptors (Lipinski definition) is 1. The summed E-state index contributed by atoms with van der Waals surface area (Å²) < 4.78 is 1.90. The van der Waals surface area contributed by atoms with Gasteiger partial charge in [0.1, 0.15) is 0 Å². The average molecular weight is 508 g/mol. The zero-order valence-corrected chi connectivity index (χ0v) is 22.9. The van der Waals surface area contributed by atoms with Crippen LogP contribution in [0.5, 0.6) is 0 Å². The fourth-order valence-electron chi connectivity index (χ4n) is 5.87.